The van der Waals surface area contributed by atoms with Gasteiger partial charge in [-0.25, -0.2) is 4.39 Å². The van der Waals surface area contributed by atoms with Crippen LogP contribution in [-0.4, -0.2) is 44.2 Å². The van der Waals surface area contributed by atoms with Crippen LogP contribution in [0.5, 0.6) is 0 Å². The van der Waals surface area contributed by atoms with E-state index < -0.39 is 17.7 Å². The summed E-state index contributed by atoms with van der Waals surface area (Å²) in [7, 11) is 0. The second-order valence-corrected chi connectivity index (χ2v) is 10.6. The summed E-state index contributed by atoms with van der Waals surface area (Å²) in [5.74, 6) is -0.0158. The van der Waals surface area contributed by atoms with Crippen molar-refractivity contribution in [2.45, 2.75) is 76.5 Å². The highest BCUT2D eigenvalue weighted by molar-refractivity contribution is 5.28. The fourth-order valence-corrected chi connectivity index (χ4v) is 8.29. The molecule has 2 heterocycles. The van der Waals surface area contributed by atoms with Crippen LogP contribution in [0.1, 0.15) is 58.8 Å². The minimum Gasteiger partial charge on any atom is -0.347 e. The molecule has 2 spiro atoms. The Morgan fingerprint density at radius 3 is 2.43 bits per heavy atom. The summed E-state index contributed by atoms with van der Waals surface area (Å²) >= 11 is 0. The van der Waals surface area contributed by atoms with Crippen molar-refractivity contribution >= 4 is 0 Å². The van der Waals surface area contributed by atoms with Crippen LogP contribution in [0, 0.1) is 28.6 Å². The molecule has 4 aliphatic carbocycles. The lowest BCUT2D eigenvalue weighted by Crippen LogP contribution is -2.59. The van der Waals surface area contributed by atoms with E-state index in [2.05, 4.69) is 19.9 Å². The van der Waals surface area contributed by atoms with Crippen molar-refractivity contribution in [3.8, 4) is 0 Å². The van der Waals surface area contributed by atoms with E-state index >= 15 is 4.39 Å². The van der Waals surface area contributed by atoms with Gasteiger partial charge in [-0.1, -0.05) is 25.5 Å². The van der Waals surface area contributed by atoms with Crippen LogP contribution < -0.4 is 0 Å². The molecule has 0 aromatic rings. The second-order valence-electron chi connectivity index (χ2n) is 10.6. The molecular weight excluding hydrogens is 359 g/mol. The molecule has 6 atom stereocenters. The SMILES string of the molecule is C[C@]12CCC3(CC1=CCC1C2C(F)C[C@@]2(C)C1CCC21OCCO1)OCCO3. The maximum Gasteiger partial charge on any atom is 0.174 e. The summed E-state index contributed by atoms with van der Waals surface area (Å²) in [5.41, 5.74) is 1.10. The van der Waals surface area contributed by atoms with Gasteiger partial charge < -0.3 is 18.9 Å². The smallest absolute Gasteiger partial charge is 0.174 e. The Hall–Kier alpha value is -0.490. The first-order valence-electron chi connectivity index (χ1n) is 11.3. The minimum atomic E-state index is -0.804. The molecule has 0 N–H and O–H groups in total. The first kappa shape index (κ1) is 18.3. The number of alkyl halides is 1. The third kappa shape index (κ3) is 2.15. The third-order valence-corrected chi connectivity index (χ3v) is 9.62. The van der Waals surface area contributed by atoms with Crippen molar-refractivity contribution in [3.63, 3.8) is 0 Å². The van der Waals surface area contributed by atoms with E-state index in [1.165, 1.54) is 5.57 Å². The van der Waals surface area contributed by atoms with Gasteiger partial charge in [0.2, 0.25) is 0 Å². The zero-order valence-electron chi connectivity index (χ0n) is 17.2. The number of hydrogen-bond donors (Lipinski definition) is 0. The van der Waals surface area contributed by atoms with E-state index in [0.717, 1.165) is 38.5 Å². The molecule has 0 aromatic carbocycles. The van der Waals surface area contributed by atoms with E-state index in [1.807, 2.05) is 0 Å². The highest BCUT2D eigenvalue weighted by Gasteiger charge is 2.69. The van der Waals surface area contributed by atoms with Crippen molar-refractivity contribution in [1.29, 1.82) is 0 Å². The number of fused-ring (bicyclic) bond motifs is 6. The average Bonchev–Trinajstić information content (AvgIpc) is 3.38. The summed E-state index contributed by atoms with van der Waals surface area (Å²) in [4.78, 5) is 0. The Morgan fingerprint density at radius 1 is 0.964 bits per heavy atom. The summed E-state index contributed by atoms with van der Waals surface area (Å²) in [6.07, 6.45) is 7.84. The Labute approximate surface area is 167 Å². The van der Waals surface area contributed by atoms with Crippen molar-refractivity contribution in [2.24, 2.45) is 28.6 Å². The zero-order valence-corrected chi connectivity index (χ0v) is 17.2. The van der Waals surface area contributed by atoms with Crippen molar-refractivity contribution in [2.75, 3.05) is 26.4 Å². The second kappa shape index (κ2) is 5.81. The number of hydrogen-bond acceptors (Lipinski definition) is 4. The number of ether oxygens (including phenoxy) is 4. The third-order valence-electron chi connectivity index (χ3n) is 9.62. The Morgan fingerprint density at radius 2 is 1.68 bits per heavy atom. The van der Waals surface area contributed by atoms with Gasteiger partial charge in [-0.05, 0) is 42.9 Å². The normalized spacial score (nSPS) is 51.0. The fourth-order valence-electron chi connectivity index (χ4n) is 8.29. The fraction of sp³-hybridized carbons (Fsp3) is 0.913. The van der Waals surface area contributed by atoms with Gasteiger partial charge in [-0.15, -0.1) is 0 Å². The Balaban J connectivity index is 1.35. The van der Waals surface area contributed by atoms with Gasteiger partial charge >= 0.3 is 0 Å². The summed E-state index contributed by atoms with van der Waals surface area (Å²) in [5, 5.41) is 0. The van der Waals surface area contributed by atoms with Crippen LogP contribution in [0.25, 0.3) is 0 Å². The predicted molar refractivity (Wildman–Crippen MR) is 101 cm³/mol. The molecule has 6 aliphatic rings. The number of allylic oxidation sites excluding steroid dienone is 1. The molecule has 2 aliphatic heterocycles. The minimum absolute atomic E-state index is 0.0721. The Bertz CT molecular complexity index is 695. The summed E-state index contributed by atoms with van der Waals surface area (Å²) in [6, 6.07) is 0. The van der Waals surface area contributed by atoms with Gasteiger partial charge in [0.15, 0.2) is 11.6 Å². The van der Waals surface area contributed by atoms with Gasteiger partial charge in [-0.2, -0.15) is 0 Å². The quantitative estimate of drug-likeness (QED) is 0.573. The van der Waals surface area contributed by atoms with Gasteiger partial charge in [0.05, 0.1) is 26.4 Å². The largest absolute Gasteiger partial charge is 0.347 e. The molecule has 28 heavy (non-hydrogen) atoms. The number of halogens is 1. The van der Waals surface area contributed by atoms with Crippen LogP contribution in [0.15, 0.2) is 11.6 Å². The maximum atomic E-state index is 16.0. The monoisotopic (exact) mass is 392 g/mol. The molecule has 6 rings (SSSR count). The van der Waals surface area contributed by atoms with Gasteiger partial charge in [0.1, 0.15) is 6.17 Å². The van der Waals surface area contributed by atoms with E-state index in [9.17, 15) is 0 Å². The topological polar surface area (TPSA) is 36.9 Å². The molecule has 4 nitrogen and oxygen atoms in total. The van der Waals surface area contributed by atoms with Gasteiger partial charge in [0.25, 0.3) is 0 Å². The molecule has 4 unspecified atom stereocenters. The first-order chi connectivity index (χ1) is 13.4. The van der Waals surface area contributed by atoms with Crippen molar-refractivity contribution in [1.82, 2.24) is 0 Å². The average molecular weight is 393 g/mol. The molecular formula is C23H33FO4. The molecule has 156 valence electrons. The molecule has 5 fully saturated rings. The predicted octanol–water partition coefficient (Wildman–Crippen LogP) is 4.38. The lowest BCUT2D eigenvalue weighted by atomic mass is 9.47. The van der Waals surface area contributed by atoms with E-state index in [1.54, 1.807) is 0 Å². The summed E-state index contributed by atoms with van der Waals surface area (Å²) in [6.45, 7) is 7.24. The first-order valence-corrected chi connectivity index (χ1v) is 11.3. The lowest BCUT2D eigenvalue weighted by Gasteiger charge is -2.60. The van der Waals surface area contributed by atoms with Crippen LogP contribution in [-0.2, 0) is 18.9 Å². The van der Waals surface area contributed by atoms with E-state index in [-0.39, 0.29) is 16.7 Å². The van der Waals surface area contributed by atoms with Crippen molar-refractivity contribution < 1.29 is 23.3 Å². The van der Waals surface area contributed by atoms with Crippen LogP contribution in [0.2, 0.25) is 0 Å². The summed E-state index contributed by atoms with van der Waals surface area (Å²) < 4.78 is 40.3. The highest BCUT2D eigenvalue weighted by atomic mass is 19.1. The molecule has 3 saturated carbocycles. The lowest BCUT2D eigenvalue weighted by molar-refractivity contribution is -0.252. The standard InChI is InChI=1S/C23H33FO4/c1-20-7-8-22(25-9-10-26-22)13-15(20)3-4-16-17-5-6-23(27-11-12-28-23)21(17,2)14-18(24)19(16)20/h3,16-19H,4-14H2,1-2H3/t16?,17?,18?,19?,20-,21-/m0/s1. The molecule has 2 saturated heterocycles. The van der Waals surface area contributed by atoms with Crippen LogP contribution in [0.4, 0.5) is 4.39 Å². The van der Waals surface area contributed by atoms with Gasteiger partial charge in [-0.3, -0.25) is 0 Å². The van der Waals surface area contributed by atoms with Crippen LogP contribution in [0.3, 0.4) is 0 Å². The molecule has 0 amide bonds. The number of rotatable bonds is 0. The zero-order chi connectivity index (χ0) is 19.2. The molecule has 0 aromatic heterocycles. The molecule has 5 heteroatoms. The highest BCUT2D eigenvalue weighted by Crippen LogP contribution is 2.69. The van der Waals surface area contributed by atoms with E-state index in [4.69, 9.17) is 18.9 Å². The van der Waals surface area contributed by atoms with Gasteiger partial charge in [0, 0.05) is 30.6 Å². The van der Waals surface area contributed by atoms with E-state index in [0.29, 0.717) is 44.7 Å². The van der Waals surface area contributed by atoms with Crippen molar-refractivity contribution in [3.05, 3.63) is 11.6 Å². The van der Waals surface area contributed by atoms with Crippen LogP contribution >= 0.6 is 0 Å². The maximum absolute atomic E-state index is 16.0. The Kier molecular flexibility index (Phi) is 3.79. The molecule has 0 bridgehead atoms. The molecule has 0 radical (unpaired) electrons.